The molecule has 0 amide bonds. The molecular weight excluding hydrogens is 302 g/mol. The summed E-state index contributed by atoms with van der Waals surface area (Å²) in [4.78, 5) is 16.2. The van der Waals surface area contributed by atoms with Crippen LogP contribution in [0.5, 0.6) is 0 Å². The third-order valence-electron chi connectivity index (χ3n) is 4.03. The number of aromatic nitrogens is 1. The molecular formula is C20H19NO3. The third kappa shape index (κ3) is 3.29. The van der Waals surface area contributed by atoms with E-state index in [0.29, 0.717) is 5.69 Å². The molecule has 122 valence electrons. The Balaban J connectivity index is 2.09. The van der Waals surface area contributed by atoms with Crippen LogP contribution in [0, 0.1) is 6.92 Å². The van der Waals surface area contributed by atoms with E-state index in [1.807, 2.05) is 61.5 Å². The summed E-state index contributed by atoms with van der Waals surface area (Å²) in [5.74, 6) is -0.651. The molecule has 1 N–H and O–H groups in total. The Morgan fingerprint density at radius 2 is 1.88 bits per heavy atom. The number of aliphatic hydroxyl groups is 1. The van der Waals surface area contributed by atoms with Crippen LogP contribution in [-0.4, -0.2) is 29.3 Å². The van der Waals surface area contributed by atoms with Gasteiger partial charge in [-0.3, -0.25) is 4.98 Å². The Kier molecular flexibility index (Phi) is 4.58. The number of aryl methyl sites for hydroxylation is 1. The molecule has 0 bridgehead atoms. The third-order valence-corrected chi connectivity index (χ3v) is 4.03. The molecule has 3 aromatic rings. The molecule has 0 saturated carbocycles. The summed E-state index contributed by atoms with van der Waals surface area (Å²) in [5, 5.41) is 12.0. The van der Waals surface area contributed by atoms with Crippen LogP contribution >= 0.6 is 0 Å². The van der Waals surface area contributed by atoms with Crippen molar-refractivity contribution in [2.24, 2.45) is 0 Å². The minimum Gasteiger partial charge on any atom is -0.467 e. The van der Waals surface area contributed by atoms with E-state index in [0.717, 1.165) is 22.0 Å². The second-order valence-corrected chi connectivity index (χ2v) is 5.78. The Morgan fingerprint density at radius 3 is 2.58 bits per heavy atom. The van der Waals surface area contributed by atoms with Crippen molar-refractivity contribution in [2.75, 3.05) is 7.11 Å². The van der Waals surface area contributed by atoms with Gasteiger partial charge in [-0.1, -0.05) is 54.1 Å². The average molecular weight is 321 g/mol. The Hall–Kier alpha value is -2.72. The Morgan fingerprint density at radius 1 is 1.17 bits per heavy atom. The highest BCUT2D eigenvalue weighted by atomic mass is 16.5. The summed E-state index contributed by atoms with van der Waals surface area (Å²) in [6, 6.07) is 18.0. The van der Waals surface area contributed by atoms with Gasteiger partial charge in [0.25, 0.3) is 0 Å². The van der Waals surface area contributed by atoms with Gasteiger partial charge in [0.05, 0.1) is 18.5 Å². The number of nitrogens with zero attached hydrogens (tertiary/aromatic N) is 1. The number of aliphatic hydroxyl groups excluding tert-OH is 1. The highest BCUT2D eigenvalue weighted by Crippen LogP contribution is 2.26. The molecule has 4 heteroatoms. The molecule has 0 saturated heterocycles. The van der Waals surface area contributed by atoms with Crippen LogP contribution in [0.15, 0.2) is 54.6 Å². The van der Waals surface area contributed by atoms with Crippen LogP contribution in [0.3, 0.4) is 0 Å². The van der Waals surface area contributed by atoms with Gasteiger partial charge in [0.15, 0.2) is 6.10 Å². The fraction of sp³-hybridized carbons (Fsp3) is 0.200. The lowest BCUT2D eigenvalue weighted by molar-refractivity contribution is -0.150. The molecule has 3 rings (SSSR count). The molecule has 1 atom stereocenters. The normalized spacial score (nSPS) is 12.1. The summed E-state index contributed by atoms with van der Waals surface area (Å²) in [6.45, 7) is 2.04. The topological polar surface area (TPSA) is 59.4 Å². The monoisotopic (exact) mass is 321 g/mol. The fourth-order valence-electron chi connectivity index (χ4n) is 2.70. The van der Waals surface area contributed by atoms with Gasteiger partial charge in [-0.05, 0) is 18.4 Å². The molecule has 0 fully saturated rings. The van der Waals surface area contributed by atoms with Crippen molar-refractivity contribution in [3.05, 3.63) is 65.9 Å². The second kappa shape index (κ2) is 6.81. The summed E-state index contributed by atoms with van der Waals surface area (Å²) >= 11 is 0. The van der Waals surface area contributed by atoms with Gasteiger partial charge in [-0.2, -0.15) is 0 Å². The van der Waals surface area contributed by atoms with Crippen LogP contribution in [-0.2, 0) is 16.0 Å². The molecule has 0 spiro atoms. The minimum absolute atomic E-state index is 0.118. The number of benzene rings is 2. The lowest BCUT2D eigenvalue weighted by Crippen LogP contribution is -2.24. The first-order valence-electron chi connectivity index (χ1n) is 7.80. The highest BCUT2D eigenvalue weighted by molar-refractivity contribution is 5.88. The van der Waals surface area contributed by atoms with E-state index in [-0.39, 0.29) is 6.42 Å². The predicted molar refractivity (Wildman–Crippen MR) is 93.6 cm³/mol. The predicted octanol–water partition coefficient (Wildman–Crippen LogP) is 3.29. The zero-order valence-corrected chi connectivity index (χ0v) is 13.7. The molecule has 1 unspecified atom stereocenters. The zero-order valence-electron chi connectivity index (χ0n) is 13.7. The zero-order chi connectivity index (χ0) is 17.1. The quantitative estimate of drug-likeness (QED) is 0.749. The largest absolute Gasteiger partial charge is 0.467 e. The van der Waals surface area contributed by atoms with Crippen LogP contribution in [0.1, 0.15) is 11.3 Å². The molecule has 4 nitrogen and oxygen atoms in total. The lowest BCUT2D eigenvalue weighted by Gasteiger charge is -2.12. The van der Waals surface area contributed by atoms with Crippen molar-refractivity contribution in [2.45, 2.75) is 19.4 Å². The van der Waals surface area contributed by atoms with E-state index >= 15 is 0 Å². The Bertz CT molecular complexity index is 872. The summed E-state index contributed by atoms with van der Waals surface area (Å²) in [7, 11) is 1.26. The van der Waals surface area contributed by atoms with Gasteiger partial charge in [0, 0.05) is 17.4 Å². The van der Waals surface area contributed by atoms with Crippen LogP contribution in [0.4, 0.5) is 0 Å². The number of methoxy groups -OCH3 is 1. The molecule has 0 aliphatic rings. The average Bonchev–Trinajstić information content (AvgIpc) is 2.61. The first kappa shape index (κ1) is 16.1. The van der Waals surface area contributed by atoms with Gasteiger partial charge < -0.3 is 9.84 Å². The number of carbonyl (C=O) groups is 1. The summed E-state index contributed by atoms with van der Waals surface area (Å²) in [5.41, 5.74) is 3.68. The number of fused-ring (bicyclic) bond motifs is 1. The standard InChI is InChI=1S/C20H19NO3/c1-13-7-9-14(10-8-13)17-11-15-5-3-4-6-16(15)18(21-17)12-19(22)20(23)24-2/h3-11,19,22H,12H2,1-2H3. The van der Waals surface area contributed by atoms with Crippen LogP contribution in [0.25, 0.3) is 22.0 Å². The molecule has 2 aromatic carbocycles. The minimum atomic E-state index is -1.22. The van der Waals surface area contributed by atoms with Gasteiger partial charge in [0.1, 0.15) is 0 Å². The van der Waals surface area contributed by atoms with E-state index in [9.17, 15) is 9.90 Å². The molecule has 0 aliphatic heterocycles. The van der Waals surface area contributed by atoms with Gasteiger partial charge >= 0.3 is 5.97 Å². The van der Waals surface area contributed by atoms with Gasteiger partial charge in [-0.25, -0.2) is 4.79 Å². The lowest BCUT2D eigenvalue weighted by atomic mass is 10.0. The van der Waals surface area contributed by atoms with Crippen LogP contribution in [0.2, 0.25) is 0 Å². The van der Waals surface area contributed by atoms with E-state index in [2.05, 4.69) is 9.72 Å². The summed E-state index contributed by atoms with van der Waals surface area (Å²) in [6.07, 6.45) is -1.11. The van der Waals surface area contributed by atoms with E-state index in [1.54, 1.807) is 0 Å². The number of pyridine rings is 1. The van der Waals surface area contributed by atoms with E-state index < -0.39 is 12.1 Å². The molecule has 24 heavy (non-hydrogen) atoms. The van der Waals surface area contributed by atoms with E-state index in [1.165, 1.54) is 12.7 Å². The molecule has 0 aliphatic carbocycles. The van der Waals surface area contributed by atoms with Crippen molar-refractivity contribution < 1.29 is 14.6 Å². The first-order chi connectivity index (χ1) is 11.6. The van der Waals surface area contributed by atoms with E-state index in [4.69, 9.17) is 0 Å². The smallest absolute Gasteiger partial charge is 0.335 e. The number of ether oxygens (including phenoxy) is 1. The maximum atomic E-state index is 11.5. The first-order valence-corrected chi connectivity index (χ1v) is 7.80. The van der Waals surface area contributed by atoms with Crippen molar-refractivity contribution in [3.8, 4) is 11.3 Å². The van der Waals surface area contributed by atoms with Crippen molar-refractivity contribution >= 4 is 16.7 Å². The van der Waals surface area contributed by atoms with Crippen molar-refractivity contribution in [3.63, 3.8) is 0 Å². The summed E-state index contributed by atoms with van der Waals surface area (Å²) < 4.78 is 4.61. The molecule has 1 aromatic heterocycles. The van der Waals surface area contributed by atoms with Gasteiger partial charge in [0.2, 0.25) is 0 Å². The maximum Gasteiger partial charge on any atom is 0.335 e. The SMILES string of the molecule is COC(=O)C(O)Cc1nc(-c2ccc(C)cc2)cc2ccccc12. The highest BCUT2D eigenvalue weighted by Gasteiger charge is 2.19. The number of hydrogen-bond donors (Lipinski definition) is 1. The van der Waals surface area contributed by atoms with Crippen LogP contribution < -0.4 is 0 Å². The number of carbonyl (C=O) groups excluding carboxylic acids is 1. The number of hydrogen-bond acceptors (Lipinski definition) is 4. The Labute approximate surface area is 140 Å². The van der Waals surface area contributed by atoms with Crippen molar-refractivity contribution in [1.29, 1.82) is 0 Å². The van der Waals surface area contributed by atoms with Crippen molar-refractivity contribution in [1.82, 2.24) is 4.98 Å². The van der Waals surface area contributed by atoms with Gasteiger partial charge in [-0.15, -0.1) is 0 Å². The maximum absolute atomic E-state index is 11.5. The second-order valence-electron chi connectivity index (χ2n) is 5.78. The molecule has 0 radical (unpaired) electrons. The number of rotatable bonds is 4. The number of esters is 1. The fourth-order valence-corrected chi connectivity index (χ4v) is 2.70. The molecule has 1 heterocycles.